The SMILES string of the molecule is CC1CCCN(S(=O)(=O)c2ccc3nnn(OC(C)C(=O)NCc4ccc(Cl)cc4)c3c2)C1. The molecule has 1 saturated heterocycles. The summed E-state index contributed by atoms with van der Waals surface area (Å²) in [6, 6.07) is 11.8. The van der Waals surface area contributed by atoms with Gasteiger partial charge in [-0.3, -0.25) is 4.79 Å². The highest BCUT2D eigenvalue weighted by atomic mass is 35.5. The number of nitrogens with one attached hydrogen (secondary N) is 1. The van der Waals surface area contributed by atoms with Crippen LogP contribution in [-0.2, 0) is 21.4 Å². The minimum Gasteiger partial charge on any atom is -0.382 e. The molecule has 0 radical (unpaired) electrons. The number of halogens is 1. The van der Waals surface area contributed by atoms with Crippen LogP contribution in [0.15, 0.2) is 47.4 Å². The molecule has 11 heteroatoms. The van der Waals surface area contributed by atoms with Gasteiger partial charge in [0.2, 0.25) is 16.1 Å². The van der Waals surface area contributed by atoms with Crippen molar-refractivity contribution in [3.8, 4) is 0 Å². The Balaban J connectivity index is 1.47. The number of piperidine rings is 1. The predicted molar refractivity (Wildman–Crippen MR) is 124 cm³/mol. The van der Waals surface area contributed by atoms with Gasteiger partial charge in [0.05, 0.1) is 4.90 Å². The highest BCUT2D eigenvalue weighted by Gasteiger charge is 2.29. The zero-order chi connectivity index (χ0) is 23.6. The van der Waals surface area contributed by atoms with Gasteiger partial charge in [-0.1, -0.05) is 35.5 Å². The largest absolute Gasteiger partial charge is 0.382 e. The van der Waals surface area contributed by atoms with Crippen LogP contribution in [0.5, 0.6) is 0 Å². The van der Waals surface area contributed by atoms with E-state index in [0.717, 1.165) is 23.3 Å². The Bertz CT molecular complexity index is 1250. The molecule has 4 rings (SSSR count). The summed E-state index contributed by atoms with van der Waals surface area (Å²) in [7, 11) is -3.65. The lowest BCUT2D eigenvalue weighted by atomic mass is 10.0. The normalized spacial score (nSPS) is 18.2. The molecule has 1 fully saturated rings. The van der Waals surface area contributed by atoms with Gasteiger partial charge >= 0.3 is 0 Å². The standard InChI is InChI=1S/C22H26ClN5O4S/c1-15-4-3-11-27(14-15)33(30,31)19-9-10-20-21(12-19)28(26-25-20)32-16(2)22(29)24-13-17-5-7-18(23)8-6-17/h5-10,12,15-16H,3-4,11,13-14H2,1-2H3,(H,24,29). The van der Waals surface area contributed by atoms with Crippen molar-refractivity contribution in [2.75, 3.05) is 13.1 Å². The van der Waals surface area contributed by atoms with E-state index in [2.05, 4.69) is 22.6 Å². The maximum absolute atomic E-state index is 13.1. The van der Waals surface area contributed by atoms with Gasteiger partial charge in [-0.2, -0.15) is 4.31 Å². The zero-order valence-electron chi connectivity index (χ0n) is 18.4. The topological polar surface area (TPSA) is 106 Å². The van der Waals surface area contributed by atoms with Crippen LogP contribution >= 0.6 is 11.6 Å². The van der Waals surface area contributed by atoms with Gasteiger partial charge in [0.25, 0.3) is 5.91 Å². The molecule has 1 amide bonds. The Kier molecular flexibility index (Phi) is 6.87. The van der Waals surface area contributed by atoms with E-state index in [1.165, 1.54) is 16.4 Å². The number of aromatic nitrogens is 3. The van der Waals surface area contributed by atoms with Crippen LogP contribution in [0, 0.1) is 5.92 Å². The molecular weight excluding hydrogens is 466 g/mol. The number of amides is 1. The molecule has 1 aliphatic heterocycles. The Morgan fingerprint density at radius 2 is 2.03 bits per heavy atom. The van der Waals surface area contributed by atoms with Gasteiger partial charge in [-0.25, -0.2) is 8.42 Å². The van der Waals surface area contributed by atoms with E-state index < -0.39 is 16.1 Å². The van der Waals surface area contributed by atoms with Gasteiger partial charge in [-0.15, -0.1) is 5.10 Å². The summed E-state index contributed by atoms with van der Waals surface area (Å²) in [6.45, 7) is 4.96. The van der Waals surface area contributed by atoms with E-state index in [4.69, 9.17) is 16.4 Å². The Labute approximate surface area is 197 Å². The molecule has 2 aromatic carbocycles. The highest BCUT2D eigenvalue weighted by Crippen LogP contribution is 2.25. The van der Waals surface area contributed by atoms with Gasteiger partial charge < -0.3 is 10.2 Å². The molecule has 2 unspecified atom stereocenters. The molecule has 2 heterocycles. The third-order valence-corrected chi connectivity index (χ3v) is 7.76. The van der Waals surface area contributed by atoms with Crippen molar-refractivity contribution in [2.45, 2.75) is 44.2 Å². The number of fused-ring (bicyclic) bond motifs is 1. The van der Waals surface area contributed by atoms with Crippen LogP contribution in [0.25, 0.3) is 11.0 Å². The molecule has 3 aromatic rings. The van der Waals surface area contributed by atoms with E-state index in [1.807, 2.05) is 12.1 Å². The summed E-state index contributed by atoms with van der Waals surface area (Å²) in [5, 5.41) is 11.4. The van der Waals surface area contributed by atoms with E-state index in [-0.39, 0.29) is 10.8 Å². The average molecular weight is 492 g/mol. The summed E-state index contributed by atoms with van der Waals surface area (Å²) < 4.78 is 27.8. The number of hydrogen-bond acceptors (Lipinski definition) is 6. The minimum atomic E-state index is -3.65. The fourth-order valence-corrected chi connectivity index (χ4v) is 5.51. The Morgan fingerprint density at radius 3 is 2.76 bits per heavy atom. The quantitative estimate of drug-likeness (QED) is 0.544. The molecule has 176 valence electrons. The first-order chi connectivity index (χ1) is 15.7. The summed E-state index contributed by atoms with van der Waals surface area (Å²) in [5.41, 5.74) is 1.74. The molecule has 0 bridgehead atoms. The van der Waals surface area contributed by atoms with Crippen LogP contribution in [-0.4, -0.2) is 53.0 Å². The lowest BCUT2D eigenvalue weighted by molar-refractivity contribution is -0.133. The average Bonchev–Trinajstić information content (AvgIpc) is 3.20. The zero-order valence-corrected chi connectivity index (χ0v) is 20.0. The summed E-state index contributed by atoms with van der Waals surface area (Å²) in [6.07, 6.45) is 0.979. The van der Waals surface area contributed by atoms with Gasteiger partial charge in [0.1, 0.15) is 11.0 Å². The number of nitrogens with zero attached hydrogens (tertiary/aromatic N) is 4. The molecule has 33 heavy (non-hydrogen) atoms. The van der Waals surface area contributed by atoms with Gasteiger partial charge in [0.15, 0.2) is 0 Å². The van der Waals surface area contributed by atoms with E-state index in [1.54, 1.807) is 25.1 Å². The second-order valence-corrected chi connectivity index (χ2v) is 10.7. The molecule has 1 aromatic heterocycles. The second-order valence-electron chi connectivity index (χ2n) is 8.32. The molecule has 0 spiro atoms. The molecule has 0 aliphatic carbocycles. The van der Waals surface area contributed by atoms with E-state index >= 15 is 0 Å². The van der Waals surface area contributed by atoms with Crippen molar-refractivity contribution in [3.63, 3.8) is 0 Å². The number of carbonyl (C=O) groups excluding carboxylic acids is 1. The van der Waals surface area contributed by atoms with Crippen molar-refractivity contribution < 1.29 is 18.0 Å². The molecule has 0 saturated carbocycles. The predicted octanol–water partition coefficient (Wildman–Crippen LogP) is 2.64. The van der Waals surface area contributed by atoms with Crippen molar-refractivity contribution in [1.82, 2.24) is 24.8 Å². The second kappa shape index (κ2) is 9.66. The lowest BCUT2D eigenvalue weighted by Gasteiger charge is -2.30. The van der Waals surface area contributed by atoms with Gasteiger partial charge in [-0.05, 0) is 66.8 Å². The van der Waals surface area contributed by atoms with Crippen LogP contribution in [0.4, 0.5) is 0 Å². The maximum atomic E-state index is 13.1. The van der Waals surface area contributed by atoms with Crippen molar-refractivity contribution >= 4 is 38.6 Å². The van der Waals surface area contributed by atoms with Gasteiger partial charge in [0, 0.05) is 24.7 Å². The van der Waals surface area contributed by atoms with Crippen LogP contribution in [0.3, 0.4) is 0 Å². The van der Waals surface area contributed by atoms with Crippen molar-refractivity contribution in [2.24, 2.45) is 5.92 Å². The molecule has 1 aliphatic rings. The van der Waals surface area contributed by atoms with Crippen molar-refractivity contribution in [3.05, 3.63) is 53.1 Å². The number of rotatable bonds is 7. The van der Waals surface area contributed by atoms with Crippen molar-refractivity contribution in [1.29, 1.82) is 0 Å². The minimum absolute atomic E-state index is 0.149. The smallest absolute Gasteiger partial charge is 0.263 e. The van der Waals surface area contributed by atoms with Crippen LogP contribution < -0.4 is 10.2 Å². The number of benzene rings is 2. The van der Waals surface area contributed by atoms with E-state index in [9.17, 15) is 13.2 Å². The molecule has 9 nitrogen and oxygen atoms in total. The fourth-order valence-electron chi connectivity index (χ4n) is 3.76. The lowest BCUT2D eigenvalue weighted by Crippen LogP contribution is -2.39. The van der Waals surface area contributed by atoms with E-state index in [0.29, 0.717) is 41.6 Å². The third kappa shape index (κ3) is 5.29. The summed E-state index contributed by atoms with van der Waals surface area (Å²) >= 11 is 5.88. The Morgan fingerprint density at radius 1 is 1.27 bits per heavy atom. The molecule has 2 atom stereocenters. The number of sulfonamides is 1. The monoisotopic (exact) mass is 491 g/mol. The molecule has 1 N–H and O–H groups in total. The Hall–Kier alpha value is -2.69. The highest BCUT2D eigenvalue weighted by molar-refractivity contribution is 7.89. The van der Waals surface area contributed by atoms with Crippen LogP contribution in [0.1, 0.15) is 32.3 Å². The van der Waals surface area contributed by atoms with Crippen LogP contribution in [0.2, 0.25) is 5.02 Å². The maximum Gasteiger partial charge on any atom is 0.263 e. The summed E-state index contributed by atoms with van der Waals surface area (Å²) in [5.74, 6) is -0.0281. The molecular formula is C22H26ClN5O4S. The first kappa shape index (κ1) is 23.5. The third-order valence-electron chi connectivity index (χ3n) is 5.65. The summed E-state index contributed by atoms with van der Waals surface area (Å²) in [4.78, 5) is 19.4. The first-order valence-electron chi connectivity index (χ1n) is 10.8. The number of hydrogen-bond donors (Lipinski definition) is 1. The fraction of sp³-hybridized carbons (Fsp3) is 0.409. The number of carbonyl (C=O) groups is 1. The first-order valence-corrected chi connectivity index (χ1v) is 12.6.